The number of amides is 1. The molecule has 1 atom stereocenters. The molecule has 136 valence electrons. The highest BCUT2D eigenvalue weighted by Crippen LogP contribution is 2.38. The standard InChI is InChI=1S/C15H20F2N2O4.ClH/c1-21-11-4-9(5-12(22-2)13(11)23-3)7-18-14(20)10-6-15(16,17)8-19-10;/h4-5,10,19H,6-8H2,1-3H3,(H,18,20);1H. The van der Waals surface area contributed by atoms with E-state index in [-0.39, 0.29) is 19.0 Å². The van der Waals surface area contributed by atoms with Gasteiger partial charge in [0.15, 0.2) is 11.5 Å². The van der Waals surface area contributed by atoms with Gasteiger partial charge in [0.25, 0.3) is 5.92 Å². The second kappa shape index (κ2) is 8.34. The molecule has 0 aromatic heterocycles. The summed E-state index contributed by atoms with van der Waals surface area (Å²) in [5, 5.41) is 5.15. The molecular weight excluding hydrogens is 346 g/mol. The van der Waals surface area contributed by atoms with E-state index in [2.05, 4.69) is 10.6 Å². The number of rotatable bonds is 6. The van der Waals surface area contributed by atoms with Crippen LogP contribution in [0, 0.1) is 0 Å². The molecule has 1 saturated heterocycles. The zero-order valence-corrected chi connectivity index (χ0v) is 14.5. The van der Waals surface area contributed by atoms with Gasteiger partial charge in [0, 0.05) is 13.0 Å². The van der Waals surface area contributed by atoms with Crippen LogP contribution in [0.25, 0.3) is 0 Å². The number of hydrogen-bond donors (Lipinski definition) is 2. The number of carbonyl (C=O) groups excluding carboxylic acids is 1. The first-order chi connectivity index (χ1) is 10.9. The second-order valence-electron chi connectivity index (χ2n) is 5.24. The fourth-order valence-corrected chi connectivity index (χ4v) is 2.45. The Bertz CT molecular complexity index is 562. The molecule has 2 N–H and O–H groups in total. The Balaban J connectivity index is 0.00000288. The fourth-order valence-electron chi connectivity index (χ4n) is 2.45. The van der Waals surface area contributed by atoms with Crippen LogP contribution in [0.4, 0.5) is 8.78 Å². The molecule has 0 aliphatic carbocycles. The summed E-state index contributed by atoms with van der Waals surface area (Å²) in [5.41, 5.74) is 0.706. The monoisotopic (exact) mass is 366 g/mol. The lowest BCUT2D eigenvalue weighted by molar-refractivity contribution is -0.123. The molecule has 2 rings (SSSR count). The first-order valence-corrected chi connectivity index (χ1v) is 7.08. The van der Waals surface area contributed by atoms with Gasteiger partial charge in [-0.05, 0) is 17.7 Å². The topological polar surface area (TPSA) is 68.8 Å². The largest absolute Gasteiger partial charge is 0.493 e. The lowest BCUT2D eigenvalue weighted by atomic mass is 10.1. The van der Waals surface area contributed by atoms with Gasteiger partial charge >= 0.3 is 0 Å². The highest BCUT2D eigenvalue weighted by Gasteiger charge is 2.42. The number of methoxy groups -OCH3 is 3. The Hall–Kier alpha value is -1.80. The Morgan fingerprint density at radius 1 is 1.25 bits per heavy atom. The molecule has 24 heavy (non-hydrogen) atoms. The van der Waals surface area contributed by atoms with Gasteiger partial charge < -0.3 is 19.5 Å². The van der Waals surface area contributed by atoms with Crippen molar-refractivity contribution in [3.05, 3.63) is 17.7 Å². The third-order valence-electron chi connectivity index (χ3n) is 3.62. The van der Waals surface area contributed by atoms with E-state index in [1.165, 1.54) is 21.3 Å². The van der Waals surface area contributed by atoms with Gasteiger partial charge in [0.1, 0.15) is 0 Å². The Morgan fingerprint density at radius 3 is 2.25 bits per heavy atom. The molecule has 0 spiro atoms. The molecule has 0 radical (unpaired) electrons. The van der Waals surface area contributed by atoms with E-state index < -0.39 is 30.8 Å². The minimum atomic E-state index is -2.84. The molecule has 1 unspecified atom stereocenters. The van der Waals surface area contributed by atoms with Crippen molar-refractivity contribution >= 4 is 18.3 Å². The minimum Gasteiger partial charge on any atom is -0.493 e. The van der Waals surface area contributed by atoms with Crippen molar-refractivity contribution in [3.63, 3.8) is 0 Å². The lowest BCUT2D eigenvalue weighted by Crippen LogP contribution is -2.40. The zero-order valence-electron chi connectivity index (χ0n) is 13.7. The molecule has 1 heterocycles. The number of ether oxygens (including phenoxy) is 3. The normalized spacial score (nSPS) is 18.5. The van der Waals surface area contributed by atoms with Crippen molar-refractivity contribution in [3.8, 4) is 17.2 Å². The van der Waals surface area contributed by atoms with E-state index in [1.54, 1.807) is 12.1 Å². The number of halogens is 3. The van der Waals surface area contributed by atoms with Crippen molar-refractivity contribution in [2.75, 3.05) is 27.9 Å². The molecule has 0 saturated carbocycles. The molecule has 1 aromatic rings. The van der Waals surface area contributed by atoms with E-state index in [1.807, 2.05) is 0 Å². The van der Waals surface area contributed by atoms with Gasteiger partial charge in [-0.1, -0.05) is 0 Å². The van der Waals surface area contributed by atoms with Crippen molar-refractivity contribution in [1.29, 1.82) is 0 Å². The maximum Gasteiger partial charge on any atom is 0.262 e. The van der Waals surface area contributed by atoms with Gasteiger partial charge in [-0.2, -0.15) is 0 Å². The molecular formula is C15H21ClF2N2O4. The van der Waals surface area contributed by atoms with Crippen molar-refractivity contribution < 1.29 is 27.8 Å². The summed E-state index contributed by atoms with van der Waals surface area (Å²) in [5.74, 6) is -1.93. The Kier molecular flexibility index (Phi) is 7.04. The summed E-state index contributed by atoms with van der Waals surface area (Å²) in [6, 6.07) is 2.50. The van der Waals surface area contributed by atoms with Crippen molar-refractivity contribution in [2.45, 2.75) is 24.9 Å². The van der Waals surface area contributed by atoms with E-state index in [4.69, 9.17) is 14.2 Å². The SMILES string of the molecule is COc1cc(CNC(=O)C2CC(F)(F)CN2)cc(OC)c1OC.Cl. The van der Waals surface area contributed by atoms with Crippen LogP contribution in [0.15, 0.2) is 12.1 Å². The average molecular weight is 367 g/mol. The summed E-state index contributed by atoms with van der Waals surface area (Å²) < 4.78 is 41.9. The fraction of sp³-hybridized carbons (Fsp3) is 0.533. The number of nitrogens with one attached hydrogen (secondary N) is 2. The van der Waals surface area contributed by atoms with Gasteiger partial charge in [-0.3, -0.25) is 10.1 Å². The molecule has 1 aromatic carbocycles. The van der Waals surface area contributed by atoms with E-state index in [0.717, 1.165) is 0 Å². The van der Waals surface area contributed by atoms with Crippen LogP contribution in [-0.4, -0.2) is 45.7 Å². The zero-order chi connectivity index (χ0) is 17.0. The van der Waals surface area contributed by atoms with Gasteiger partial charge in [-0.25, -0.2) is 8.78 Å². The summed E-state index contributed by atoms with van der Waals surface area (Å²) in [6.07, 6.45) is -0.492. The highest BCUT2D eigenvalue weighted by molar-refractivity contribution is 5.85. The van der Waals surface area contributed by atoms with E-state index in [0.29, 0.717) is 22.8 Å². The molecule has 1 amide bonds. The van der Waals surface area contributed by atoms with Gasteiger partial charge in [-0.15, -0.1) is 12.4 Å². The molecule has 1 aliphatic heterocycles. The summed E-state index contributed by atoms with van der Waals surface area (Å²) in [4.78, 5) is 11.9. The van der Waals surface area contributed by atoms with Crippen LogP contribution < -0.4 is 24.8 Å². The van der Waals surface area contributed by atoms with Crippen molar-refractivity contribution in [1.82, 2.24) is 10.6 Å². The maximum absolute atomic E-state index is 13.1. The Morgan fingerprint density at radius 2 is 1.83 bits per heavy atom. The predicted octanol–water partition coefficient (Wildman–Crippen LogP) is 1.75. The third-order valence-corrected chi connectivity index (χ3v) is 3.62. The minimum absolute atomic E-state index is 0. The van der Waals surface area contributed by atoms with E-state index >= 15 is 0 Å². The number of carbonyl (C=O) groups is 1. The third kappa shape index (κ3) is 4.61. The van der Waals surface area contributed by atoms with Gasteiger partial charge in [0.05, 0.1) is 33.9 Å². The quantitative estimate of drug-likeness (QED) is 0.802. The lowest BCUT2D eigenvalue weighted by Gasteiger charge is -2.15. The van der Waals surface area contributed by atoms with Crippen molar-refractivity contribution in [2.24, 2.45) is 0 Å². The van der Waals surface area contributed by atoms with Crippen LogP contribution in [0.2, 0.25) is 0 Å². The number of benzene rings is 1. The number of hydrogen-bond acceptors (Lipinski definition) is 5. The van der Waals surface area contributed by atoms with Crippen LogP contribution >= 0.6 is 12.4 Å². The van der Waals surface area contributed by atoms with Crippen LogP contribution in [0.3, 0.4) is 0 Å². The molecule has 6 nitrogen and oxygen atoms in total. The van der Waals surface area contributed by atoms with Crippen LogP contribution in [0.5, 0.6) is 17.2 Å². The smallest absolute Gasteiger partial charge is 0.262 e. The van der Waals surface area contributed by atoms with Crippen LogP contribution in [-0.2, 0) is 11.3 Å². The molecule has 1 aliphatic rings. The first-order valence-electron chi connectivity index (χ1n) is 7.08. The molecule has 9 heteroatoms. The summed E-state index contributed by atoms with van der Waals surface area (Å²) in [7, 11) is 4.47. The van der Waals surface area contributed by atoms with Crippen LogP contribution in [0.1, 0.15) is 12.0 Å². The van der Waals surface area contributed by atoms with E-state index in [9.17, 15) is 13.6 Å². The maximum atomic E-state index is 13.1. The molecule has 1 fully saturated rings. The highest BCUT2D eigenvalue weighted by atomic mass is 35.5. The summed E-state index contributed by atoms with van der Waals surface area (Å²) >= 11 is 0. The molecule has 0 bridgehead atoms. The number of alkyl halides is 2. The average Bonchev–Trinajstić information content (AvgIpc) is 2.91. The summed E-state index contributed by atoms with van der Waals surface area (Å²) in [6.45, 7) is -0.311. The predicted molar refractivity (Wildman–Crippen MR) is 86.5 cm³/mol. The Labute approximate surface area is 145 Å². The second-order valence-corrected chi connectivity index (χ2v) is 5.24. The first kappa shape index (κ1) is 20.2. The van der Waals surface area contributed by atoms with Gasteiger partial charge in [0.2, 0.25) is 11.7 Å².